The summed E-state index contributed by atoms with van der Waals surface area (Å²) in [4.78, 5) is 0. The number of hydrogen-bond acceptors (Lipinski definition) is 3. The van der Waals surface area contributed by atoms with E-state index in [9.17, 15) is 5.11 Å². The van der Waals surface area contributed by atoms with Crippen LogP contribution >= 0.6 is 0 Å². The first kappa shape index (κ1) is 18.2. The van der Waals surface area contributed by atoms with Gasteiger partial charge in [0.25, 0.3) is 0 Å². The smallest absolute Gasteiger partial charge is 0.123 e. The Morgan fingerprint density at radius 1 is 0.923 bits per heavy atom. The van der Waals surface area contributed by atoms with Crippen molar-refractivity contribution in [1.29, 1.82) is 0 Å². The molecule has 0 amide bonds. The van der Waals surface area contributed by atoms with Gasteiger partial charge >= 0.3 is 0 Å². The van der Waals surface area contributed by atoms with Crippen molar-refractivity contribution in [3.05, 3.63) is 54.2 Å². The van der Waals surface area contributed by atoms with Gasteiger partial charge in [-0.2, -0.15) is 15.4 Å². The molecule has 0 saturated carbocycles. The molecule has 0 aliphatic rings. The first-order valence-corrected chi connectivity index (χ1v) is 8.96. The molecule has 0 fully saturated rings. The summed E-state index contributed by atoms with van der Waals surface area (Å²) in [7, 11) is 0. The fraction of sp³-hybridized carbons (Fsp3) is 0.364. The monoisotopic (exact) mass is 349 g/mol. The average molecular weight is 349 g/mol. The van der Waals surface area contributed by atoms with E-state index in [0.29, 0.717) is 0 Å². The van der Waals surface area contributed by atoms with Crippen molar-refractivity contribution in [1.82, 2.24) is 15.4 Å². The number of aromatic hydroxyl groups is 1. The van der Waals surface area contributed by atoms with Crippen molar-refractivity contribution in [3.8, 4) is 28.1 Å². The van der Waals surface area contributed by atoms with E-state index < -0.39 is 0 Å². The molecule has 0 aliphatic carbocycles. The Hall–Kier alpha value is -2.62. The highest BCUT2D eigenvalue weighted by molar-refractivity contribution is 5.84. The number of benzene rings is 2. The summed E-state index contributed by atoms with van der Waals surface area (Å²) < 4.78 is 0. The van der Waals surface area contributed by atoms with Crippen LogP contribution in [0.1, 0.15) is 46.6 Å². The van der Waals surface area contributed by atoms with Gasteiger partial charge in [-0.25, -0.2) is 0 Å². The van der Waals surface area contributed by atoms with E-state index in [1.165, 1.54) is 5.56 Å². The molecule has 0 unspecified atom stereocenters. The second kappa shape index (κ2) is 6.60. The maximum Gasteiger partial charge on any atom is 0.123 e. The minimum Gasteiger partial charge on any atom is -0.507 e. The van der Waals surface area contributed by atoms with Gasteiger partial charge in [0.15, 0.2) is 0 Å². The first-order valence-electron chi connectivity index (χ1n) is 8.96. The molecule has 2 aromatic carbocycles. The number of phenols is 1. The zero-order valence-corrected chi connectivity index (χ0v) is 16.2. The molecule has 4 heteroatoms. The topological polar surface area (TPSA) is 61.8 Å². The maximum absolute atomic E-state index is 10.6. The fourth-order valence-electron chi connectivity index (χ4n) is 3.87. The van der Waals surface area contributed by atoms with Crippen LogP contribution in [0.4, 0.5) is 0 Å². The Bertz CT molecular complexity index is 890. The van der Waals surface area contributed by atoms with Gasteiger partial charge in [0.2, 0.25) is 0 Å². The Morgan fingerprint density at radius 3 is 2.23 bits per heavy atom. The van der Waals surface area contributed by atoms with Gasteiger partial charge in [0, 0.05) is 11.1 Å². The lowest BCUT2D eigenvalue weighted by atomic mass is 9.72. The van der Waals surface area contributed by atoms with Crippen LogP contribution < -0.4 is 0 Å². The van der Waals surface area contributed by atoms with Crippen molar-refractivity contribution in [2.45, 2.75) is 46.5 Å². The van der Waals surface area contributed by atoms with Crippen LogP contribution in [0.15, 0.2) is 48.7 Å². The Kier molecular flexibility index (Phi) is 4.61. The molecule has 3 aromatic rings. The third-order valence-corrected chi connectivity index (χ3v) is 4.66. The van der Waals surface area contributed by atoms with Crippen LogP contribution in [-0.4, -0.2) is 20.5 Å². The molecular formula is C22H27N3O. The largest absolute Gasteiger partial charge is 0.507 e. The molecule has 136 valence electrons. The molecule has 0 spiro atoms. The number of aromatic amines is 1. The van der Waals surface area contributed by atoms with Crippen LogP contribution in [0.25, 0.3) is 22.4 Å². The van der Waals surface area contributed by atoms with Crippen molar-refractivity contribution in [3.63, 3.8) is 0 Å². The van der Waals surface area contributed by atoms with E-state index in [2.05, 4.69) is 56.1 Å². The van der Waals surface area contributed by atoms with Gasteiger partial charge in [-0.05, 0) is 40.5 Å². The van der Waals surface area contributed by atoms with Gasteiger partial charge in [-0.15, -0.1) is 0 Å². The molecule has 0 radical (unpaired) electrons. The first-order chi connectivity index (χ1) is 12.2. The highest BCUT2D eigenvalue weighted by Crippen LogP contribution is 2.41. The fourth-order valence-corrected chi connectivity index (χ4v) is 3.87. The van der Waals surface area contributed by atoms with Crippen molar-refractivity contribution in [2.24, 2.45) is 5.41 Å². The van der Waals surface area contributed by atoms with Crippen LogP contribution in [0.2, 0.25) is 0 Å². The molecule has 2 N–H and O–H groups in total. The number of rotatable bonds is 4. The molecule has 0 bridgehead atoms. The summed E-state index contributed by atoms with van der Waals surface area (Å²) in [6.45, 7) is 11.3. The van der Waals surface area contributed by atoms with Crippen LogP contribution in [0.5, 0.6) is 5.75 Å². The number of nitrogens with zero attached hydrogens (tertiary/aromatic N) is 2. The van der Waals surface area contributed by atoms with E-state index in [1.54, 1.807) is 12.3 Å². The van der Waals surface area contributed by atoms with Gasteiger partial charge in [0.05, 0.1) is 6.20 Å². The normalized spacial score (nSPS) is 12.3. The van der Waals surface area contributed by atoms with Crippen molar-refractivity contribution in [2.75, 3.05) is 0 Å². The Morgan fingerprint density at radius 2 is 1.62 bits per heavy atom. The second-order valence-electron chi connectivity index (χ2n) is 8.75. The summed E-state index contributed by atoms with van der Waals surface area (Å²) >= 11 is 0. The zero-order valence-electron chi connectivity index (χ0n) is 16.2. The molecule has 26 heavy (non-hydrogen) atoms. The van der Waals surface area contributed by atoms with Crippen LogP contribution in [0.3, 0.4) is 0 Å². The minimum atomic E-state index is 0.00351. The van der Waals surface area contributed by atoms with E-state index in [0.717, 1.165) is 28.8 Å². The summed E-state index contributed by atoms with van der Waals surface area (Å²) in [5.74, 6) is 0.274. The quantitative estimate of drug-likeness (QED) is 0.648. The zero-order chi connectivity index (χ0) is 18.9. The molecule has 1 aromatic heterocycles. The molecule has 4 nitrogen and oxygen atoms in total. The number of phenolic OH excluding ortho intramolecular Hbond substituents is 1. The summed E-state index contributed by atoms with van der Waals surface area (Å²) in [5.41, 5.74) is 4.93. The standard InChI is InChI=1S/C22H27N3O/c1-21(2,3)14-22(4,5)15-10-11-20(26)18(12-15)16-8-6-7-9-17(16)19-13-23-25-24-19/h6-13,26H,14H2,1-5H3,(H,23,24,25). The highest BCUT2D eigenvalue weighted by Gasteiger charge is 2.28. The van der Waals surface area contributed by atoms with Gasteiger partial charge < -0.3 is 5.11 Å². The van der Waals surface area contributed by atoms with Gasteiger partial charge in [-0.3, -0.25) is 0 Å². The van der Waals surface area contributed by atoms with Gasteiger partial charge in [-0.1, -0.05) is 65.0 Å². The van der Waals surface area contributed by atoms with Crippen molar-refractivity contribution >= 4 is 0 Å². The lowest BCUT2D eigenvalue weighted by Gasteiger charge is -2.33. The van der Waals surface area contributed by atoms with E-state index in [-0.39, 0.29) is 16.6 Å². The van der Waals surface area contributed by atoms with E-state index >= 15 is 0 Å². The third kappa shape index (κ3) is 3.79. The molecule has 1 heterocycles. The van der Waals surface area contributed by atoms with Crippen LogP contribution in [0, 0.1) is 5.41 Å². The molecular weight excluding hydrogens is 322 g/mol. The maximum atomic E-state index is 10.6. The molecule has 0 aliphatic heterocycles. The molecule has 3 rings (SSSR count). The number of H-pyrrole nitrogens is 1. The minimum absolute atomic E-state index is 0.00351. The highest BCUT2D eigenvalue weighted by atomic mass is 16.3. The lowest BCUT2D eigenvalue weighted by molar-refractivity contribution is 0.284. The summed E-state index contributed by atoms with van der Waals surface area (Å²) in [5, 5.41) is 21.3. The SMILES string of the molecule is CC(C)(C)CC(C)(C)c1ccc(O)c(-c2ccccc2-c2cn[nH]n2)c1. The lowest BCUT2D eigenvalue weighted by Crippen LogP contribution is -2.24. The predicted molar refractivity (Wildman–Crippen MR) is 106 cm³/mol. The number of aromatic nitrogens is 3. The number of nitrogens with one attached hydrogen (secondary N) is 1. The average Bonchev–Trinajstić information content (AvgIpc) is 3.07. The molecule has 0 saturated heterocycles. The Balaban J connectivity index is 2.11. The molecule has 0 atom stereocenters. The predicted octanol–water partition coefficient (Wildman–Crippen LogP) is 5.56. The summed E-state index contributed by atoms with van der Waals surface area (Å²) in [6, 6.07) is 13.9. The van der Waals surface area contributed by atoms with Crippen LogP contribution in [-0.2, 0) is 5.41 Å². The van der Waals surface area contributed by atoms with E-state index in [4.69, 9.17) is 0 Å². The van der Waals surface area contributed by atoms with Crippen molar-refractivity contribution < 1.29 is 5.11 Å². The summed E-state index contributed by atoms with van der Waals surface area (Å²) in [6.07, 6.45) is 2.75. The number of hydrogen-bond donors (Lipinski definition) is 2. The van der Waals surface area contributed by atoms with E-state index in [1.807, 2.05) is 30.3 Å². The third-order valence-electron chi connectivity index (χ3n) is 4.66. The Labute approximate surface area is 155 Å². The van der Waals surface area contributed by atoms with Gasteiger partial charge in [0.1, 0.15) is 11.4 Å². The second-order valence-corrected chi connectivity index (χ2v) is 8.75.